The SMILES string of the molecule is N#Cc1cccc(-c2cc(C(F)(F)F)cnc2Cl)c1. The molecule has 0 spiro atoms. The van der Waals surface area contributed by atoms with Gasteiger partial charge in [0.2, 0.25) is 0 Å². The third-order valence-corrected chi connectivity index (χ3v) is 2.77. The molecule has 0 unspecified atom stereocenters. The van der Waals surface area contributed by atoms with Crippen LogP contribution < -0.4 is 0 Å². The Morgan fingerprint density at radius 1 is 1.21 bits per heavy atom. The first-order valence-electron chi connectivity index (χ1n) is 5.15. The highest BCUT2D eigenvalue weighted by molar-refractivity contribution is 6.32. The number of rotatable bonds is 1. The molecule has 0 bridgehead atoms. The van der Waals surface area contributed by atoms with Gasteiger partial charge in [-0.05, 0) is 23.8 Å². The lowest BCUT2D eigenvalue weighted by Crippen LogP contribution is -2.05. The average molecular weight is 283 g/mol. The Bertz CT molecular complexity index is 660. The van der Waals surface area contributed by atoms with Crippen molar-refractivity contribution in [2.45, 2.75) is 6.18 Å². The maximum atomic E-state index is 12.6. The first-order valence-corrected chi connectivity index (χ1v) is 5.53. The summed E-state index contributed by atoms with van der Waals surface area (Å²) < 4.78 is 37.9. The van der Waals surface area contributed by atoms with Crippen molar-refractivity contribution in [3.63, 3.8) is 0 Å². The van der Waals surface area contributed by atoms with Gasteiger partial charge in [0.1, 0.15) is 5.15 Å². The normalized spacial score (nSPS) is 11.1. The molecule has 6 heteroatoms. The largest absolute Gasteiger partial charge is 0.417 e. The van der Waals surface area contributed by atoms with Crippen molar-refractivity contribution in [3.05, 3.63) is 52.8 Å². The number of pyridine rings is 1. The van der Waals surface area contributed by atoms with E-state index in [2.05, 4.69) is 4.98 Å². The van der Waals surface area contributed by atoms with Gasteiger partial charge in [0.25, 0.3) is 0 Å². The summed E-state index contributed by atoms with van der Waals surface area (Å²) in [4.78, 5) is 3.54. The predicted octanol–water partition coefficient (Wildman–Crippen LogP) is 4.29. The quantitative estimate of drug-likeness (QED) is 0.732. The molecule has 0 saturated carbocycles. The Morgan fingerprint density at radius 2 is 1.95 bits per heavy atom. The van der Waals surface area contributed by atoms with E-state index in [4.69, 9.17) is 16.9 Å². The number of aromatic nitrogens is 1. The smallest absolute Gasteiger partial charge is 0.243 e. The van der Waals surface area contributed by atoms with E-state index in [9.17, 15) is 13.2 Å². The number of hydrogen-bond donors (Lipinski definition) is 0. The molecule has 0 fully saturated rings. The minimum atomic E-state index is -4.49. The fourth-order valence-corrected chi connectivity index (χ4v) is 1.77. The summed E-state index contributed by atoms with van der Waals surface area (Å²) in [6.07, 6.45) is -3.81. The second-order valence-corrected chi connectivity index (χ2v) is 4.11. The minimum absolute atomic E-state index is 0.0388. The van der Waals surface area contributed by atoms with E-state index in [1.165, 1.54) is 6.07 Å². The molecule has 1 aromatic carbocycles. The molecule has 0 atom stereocenters. The fourth-order valence-electron chi connectivity index (χ4n) is 1.56. The van der Waals surface area contributed by atoms with Crippen molar-refractivity contribution < 1.29 is 13.2 Å². The molecule has 0 aliphatic heterocycles. The summed E-state index contributed by atoms with van der Waals surface area (Å²) in [6, 6.07) is 9.00. The second kappa shape index (κ2) is 4.90. The molecule has 0 aliphatic carbocycles. The summed E-state index contributed by atoms with van der Waals surface area (Å²) >= 11 is 5.81. The van der Waals surface area contributed by atoms with E-state index in [1.807, 2.05) is 6.07 Å². The first kappa shape index (κ1) is 13.4. The second-order valence-electron chi connectivity index (χ2n) is 3.75. The van der Waals surface area contributed by atoms with Crippen LogP contribution in [0.1, 0.15) is 11.1 Å². The fraction of sp³-hybridized carbons (Fsp3) is 0.0769. The Balaban J connectivity index is 2.58. The van der Waals surface area contributed by atoms with Crippen molar-refractivity contribution >= 4 is 11.6 Å². The molecule has 2 aromatic rings. The molecule has 1 aromatic heterocycles. The lowest BCUT2D eigenvalue weighted by Gasteiger charge is -2.10. The average Bonchev–Trinajstić information content (AvgIpc) is 2.38. The summed E-state index contributed by atoms with van der Waals surface area (Å²) in [5, 5.41) is 8.74. The molecular formula is C13H6ClF3N2. The maximum Gasteiger partial charge on any atom is 0.417 e. The molecule has 0 aliphatic rings. The van der Waals surface area contributed by atoms with E-state index >= 15 is 0 Å². The monoisotopic (exact) mass is 282 g/mol. The van der Waals surface area contributed by atoms with Crippen LogP contribution in [0.3, 0.4) is 0 Å². The van der Waals surface area contributed by atoms with Crippen LogP contribution in [0, 0.1) is 11.3 Å². The Kier molecular flexibility index (Phi) is 3.45. The van der Waals surface area contributed by atoms with Crippen molar-refractivity contribution in [2.75, 3.05) is 0 Å². The van der Waals surface area contributed by atoms with Gasteiger partial charge in [0, 0.05) is 11.8 Å². The zero-order chi connectivity index (χ0) is 14.0. The number of hydrogen-bond acceptors (Lipinski definition) is 2. The molecule has 0 radical (unpaired) electrons. The maximum absolute atomic E-state index is 12.6. The highest BCUT2D eigenvalue weighted by Gasteiger charge is 2.31. The Hall–Kier alpha value is -2.06. The van der Waals surface area contributed by atoms with Crippen molar-refractivity contribution in [1.82, 2.24) is 4.98 Å². The van der Waals surface area contributed by atoms with Crippen LogP contribution in [-0.2, 0) is 6.18 Å². The van der Waals surface area contributed by atoms with E-state index < -0.39 is 11.7 Å². The summed E-state index contributed by atoms with van der Waals surface area (Å²) in [7, 11) is 0. The standard InChI is InChI=1S/C13H6ClF3N2/c14-12-11(5-10(7-19-12)13(15,16)17)9-3-1-2-8(4-9)6-18/h1-5,7H. The van der Waals surface area contributed by atoms with Crippen LogP contribution >= 0.6 is 11.6 Å². The van der Waals surface area contributed by atoms with Crippen molar-refractivity contribution in [3.8, 4) is 17.2 Å². The molecule has 2 rings (SSSR count). The van der Waals surface area contributed by atoms with Crippen molar-refractivity contribution in [1.29, 1.82) is 5.26 Å². The molecule has 19 heavy (non-hydrogen) atoms. The molecule has 0 N–H and O–H groups in total. The molecular weight excluding hydrogens is 277 g/mol. The van der Waals surface area contributed by atoms with Crippen molar-refractivity contribution in [2.24, 2.45) is 0 Å². The predicted molar refractivity (Wildman–Crippen MR) is 64.4 cm³/mol. The van der Waals surface area contributed by atoms with Gasteiger partial charge in [-0.1, -0.05) is 23.7 Å². The van der Waals surface area contributed by atoms with Gasteiger partial charge < -0.3 is 0 Å². The van der Waals surface area contributed by atoms with E-state index in [0.29, 0.717) is 17.3 Å². The van der Waals surface area contributed by atoms with Gasteiger partial charge in [-0.3, -0.25) is 0 Å². The summed E-state index contributed by atoms with van der Waals surface area (Å²) in [5.41, 5.74) is 0.0245. The minimum Gasteiger partial charge on any atom is -0.243 e. The number of halogens is 4. The molecule has 96 valence electrons. The van der Waals surface area contributed by atoms with E-state index in [0.717, 1.165) is 6.07 Å². The van der Waals surface area contributed by atoms with Crippen LogP contribution in [0.5, 0.6) is 0 Å². The summed E-state index contributed by atoms with van der Waals surface area (Å²) in [6.45, 7) is 0. The lowest BCUT2D eigenvalue weighted by molar-refractivity contribution is -0.137. The van der Waals surface area contributed by atoms with Crippen LogP contribution in [0.4, 0.5) is 13.2 Å². The van der Waals surface area contributed by atoms with Crippen LogP contribution in [0.15, 0.2) is 36.5 Å². The lowest BCUT2D eigenvalue weighted by atomic mass is 10.0. The van der Waals surface area contributed by atoms with Gasteiger partial charge in [0.05, 0.1) is 17.2 Å². The van der Waals surface area contributed by atoms with Gasteiger partial charge in [0.15, 0.2) is 0 Å². The molecule has 1 heterocycles. The van der Waals surface area contributed by atoms with E-state index in [1.54, 1.807) is 18.2 Å². The number of benzene rings is 1. The molecule has 0 saturated heterocycles. The number of nitriles is 1. The van der Waals surface area contributed by atoms with Gasteiger partial charge >= 0.3 is 6.18 Å². The highest BCUT2D eigenvalue weighted by Crippen LogP contribution is 2.34. The molecule has 0 amide bonds. The zero-order valence-corrected chi connectivity index (χ0v) is 10.1. The third kappa shape index (κ3) is 2.85. The van der Waals surface area contributed by atoms with Crippen LogP contribution in [0.25, 0.3) is 11.1 Å². The molecule has 2 nitrogen and oxygen atoms in total. The first-order chi connectivity index (χ1) is 8.91. The Morgan fingerprint density at radius 3 is 2.58 bits per heavy atom. The van der Waals surface area contributed by atoms with Gasteiger partial charge in [-0.25, -0.2) is 4.98 Å². The number of alkyl halides is 3. The number of nitrogens with zero attached hydrogens (tertiary/aromatic N) is 2. The van der Waals surface area contributed by atoms with Gasteiger partial charge in [-0.15, -0.1) is 0 Å². The summed E-state index contributed by atoms with van der Waals surface area (Å²) in [5.74, 6) is 0. The topological polar surface area (TPSA) is 36.7 Å². The van der Waals surface area contributed by atoms with Crippen LogP contribution in [0.2, 0.25) is 5.15 Å². The third-order valence-electron chi connectivity index (χ3n) is 2.47. The van der Waals surface area contributed by atoms with Gasteiger partial charge in [-0.2, -0.15) is 18.4 Å². The highest BCUT2D eigenvalue weighted by atomic mass is 35.5. The Labute approximate surface area is 112 Å². The van der Waals surface area contributed by atoms with Crippen LogP contribution in [-0.4, -0.2) is 4.98 Å². The zero-order valence-electron chi connectivity index (χ0n) is 9.37. The van der Waals surface area contributed by atoms with E-state index in [-0.39, 0.29) is 10.7 Å².